The highest BCUT2D eigenvalue weighted by Crippen LogP contribution is 2.17. The molecule has 0 saturated carbocycles. The van der Waals surface area contributed by atoms with Crippen molar-refractivity contribution in [1.29, 1.82) is 5.41 Å². The largest absolute Gasteiger partial charge is 0.478 e. The van der Waals surface area contributed by atoms with Crippen LogP contribution in [-0.4, -0.2) is 30.5 Å². The summed E-state index contributed by atoms with van der Waals surface area (Å²) in [6.07, 6.45) is 0. The summed E-state index contributed by atoms with van der Waals surface area (Å²) in [6.45, 7) is 8.05. The number of nitrogens with two attached hydrogens (primary N) is 1. The van der Waals surface area contributed by atoms with Crippen molar-refractivity contribution in [2.24, 2.45) is 11.7 Å². The second kappa shape index (κ2) is 6.83. The smallest absolute Gasteiger partial charge is 0.215 e. The van der Waals surface area contributed by atoms with Crippen LogP contribution in [0.1, 0.15) is 20.8 Å². The van der Waals surface area contributed by atoms with Gasteiger partial charge in [-0.2, -0.15) is 4.98 Å². The number of nitrogens with one attached hydrogen (secondary N) is 1. The fraction of sp³-hybridized carbons (Fsp3) is 0.538. The van der Waals surface area contributed by atoms with Gasteiger partial charge in [0.25, 0.3) is 0 Å². The van der Waals surface area contributed by atoms with Crippen LogP contribution in [0, 0.1) is 11.3 Å². The molecule has 0 aliphatic carbocycles. The van der Waals surface area contributed by atoms with Crippen molar-refractivity contribution in [3.8, 4) is 5.88 Å². The lowest BCUT2D eigenvalue weighted by molar-refractivity contribution is 0.327. The van der Waals surface area contributed by atoms with E-state index in [0.29, 0.717) is 19.0 Å². The molecule has 0 saturated heterocycles. The number of ether oxygens (including phenoxy) is 1. The van der Waals surface area contributed by atoms with E-state index in [2.05, 4.69) is 16.8 Å². The maximum absolute atomic E-state index is 7.45. The minimum atomic E-state index is 0.0162. The van der Waals surface area contributed by atoms with E-state index in [9.17, 15) is 0 Å². The molecule has 0 aromatic carbocycles. The number of pyridine rings is 1. The first-order valence-electron chi connectivity index (χ1n) is 6.27. The number of aromatic nitrogens is 1. The molecule has 1 rings (SSSR count). The number of anilines is 1. The minimum Gasteiger partial charge on any atom is -0.478 e. The van der Waals surface area contributed by atoms with Crippen LogP contribution < -0.4 is 15.4 Å². The molecule has 0 bridgehead atoms. The molecule has 0 aliphatic rings. The van der Waals surface area contributed by atoms with Gasteiger partial charge in [0.1, 0.15) is 5.82 Å². The zero-order chi connectivity index (χ0) is 13.5. The summed E-state index contributed by atoms with van der Waals surface area (Å²) in [5, 5.41) is 7.45. The molecular formula is C13H22N4O. The maximum Gasteiger partial charge on any atom is 0.215 e. The van der Waals surface area contributed by atoms with Crippen molar-refractivity contribution < 1.29 is 4.74 Å². The third-order valence-corrected chi connectivity index (χ3v) is 2.73. The SMILES string of the molecule is CCOc1cccc(N(CC)CC(C)C(=N)N)n1. The van der Waals surface area contributed by atoms with Gasteiger partial charge >= 0.3 is 0 Å². The molecule has 0 fully saturated rings. The van der Waals surface area contributed by atoms with Crippen molar-refractivity contribution in [2.75, 3.05) is 24.6 Å². The average molecular weight is 250 g/mol. The summed E-state index contributed by atoms with van der Waals surface area (Å²) >= 11 is 0. The first kappa shape index (κ1) is 14.3. The van der Waals surface area contributed by atoms with Crippen molar-refractivity contribution in [3.05, 3.63) is 18.2 Å². The summed E-state index contributed by atoms with van der Waals surface area (Å²) in [6, 6.07) is 5.71. The summed E-state index contributed by atoms with van der Waals surface area (Å²) < 4.78 is 5.39. The molecule has 18 heavy (non-hydrogen) atoms. The second-order valence-corrected chi connectivity index (χ2v) is 4.16. The molecule has 1 unspecified atom stereocenters. The Kier molecular flexibility index (Phi) is 5.42. The Labute approximate surface area is 108 Å². The van der Waals surface area contributed by atoms with Crippen molar-refractivity contribution in [3.63, 3.8) is 0 Å². The van der Waals surface area contributed by atoms with Crippen molar-refractivity contribution in [2.45, 2.75) is 20.8 Å². The van der Waals surface area contributed by atoms with E-state index in [1.54, 1.807) is 0 Å². The maximum atomic E-state index is 7.45. The van der Waals surface area contributed by atoms with E-state index in [1.807, 2.05) is 32.0 Å². The Balaban J connectivity index is 2.81. The van der Waals surface area contributed by atoms with Crippen LogP contribution >= 0.6 is 0 Å². The van der Waals surface area contributed by atoms with Crippen LogP contribution in [0.25, 0.3) is 0 Å². The Bertz CT molecular complexity index is 394. The molecule has 3 N–H and O–H groups in total. The molecule has 0 radical (unpaired) electrons. The molecule has 1 aromatic heterocycles. The summed E-state index contributed by atoms with van der Waals surface area (Å²) in [5.41, 5.74) is 5.51. The predicted octanol–water partition coefficient (Wildman–Crippen LogP) is 1.88. The molecule has 0 aliphatic heterocycles. The summed E-state index contributed by atoms with van der Waals surface area (Å²) in [7, 11) is 0. The lowest BCUT2D eigenvalue weighted by atomic mass is 10.1. The van der Waals surface area contributed by atoms with Crippen LogP contribution in [-0.2, 0) is 0 Å². The lowest BCUT2D eigenvalue weighted by Gasteiger charge is -2.25. The number of hydrogen-bond acceptors (Lipinski definition) is 4. The van der Waals surface area contributed by atoms with Gasteiger partial charge in [0.2, 0.25) is 5.88 Å². The van der Waals surface area contributed by atoms with Gasteiger partial charge < -0.3 is 15.4 Å². The third kappa shape index (κ3) is 3.91. The van der Waals surface area contributed by atoms with E-state index < -0.39 is 0 Å². The van der Waals surface area contributed by atoms with Gasteiger partial charge in [-0.15, -0.1) is 0 Å². The standard InChI is InChI=1S/C13H22N4O/c1-4-17(9-10(3)13(14)15)11-7-6-8-12(16-11)18-5-2/h6-8,10H,4-5,9H2,1-3H3,(H3,14,15). The Hall–Kier alpha value is -1.78. The van der Waals surface area contributed by atoms with Gasteiger partial charge in [0.15, 0.2) is 0 Å². The first-order chi connectivity index (χ1) is 8.58. The van der Waals surface area contributed by atoms with E-state index in [1.165, 1.54) is 0 Å². The van der Waals surface area contributed by atoms with E-state index in [-0.39, 0.29) is 11.8 Å². The monoisotopic (exact) mass is 250 g/mol. The quantitative estimate of drug-likeness (QED) is 0.572. The van der Waals surface area contributed by atoms with Crippen molar-refractivity contribution >= 4 is 11.7 Å². The normalized spacial score (nSPS) is 11.9. The number of hydrogen-bond donors (Lipinski definition) is 2. The van der Waals surface area contributed by atoms with Gasteiger partial charge in [-0.05, 0) is 19.9 Å². The molecule has 5 heteroatoms. The number of nitrogens with zero attached hydrogens (tertiary/aromatic N) is 2. The Morgan fingerprint density at radius 3 is 2.78 bits per heavy atom. The Morgan fingerprint density at radius 1 is 1.50 bits per heavy atom. The molecule has 0 amide bonds. The Morgan fingerprint density at radius 2 is 2.22 bits per heavy atom. The molecular weight excluding hydrogens is 228 g/mol. The van der Waals surface area contributed by atoms with Crippen LogP contribution in [0.15, 0.2) is 18.2 Å². The number of amidine groups is 1. The van der Waals surface area contributed by atoms with E-state index in [4.69, 9.17) is 15.9 Å². The minimum absolute atomic E-state index is 0.0162. The molecule has 5 nitrogen and oxygen atoms in total. The van der Waals surface area contributed by atoms with Crippen LogP contribution in [0.5, 0.6) is 5.88 Å². The fourth-order valence-electron chi connectivity index (χ4n) is 1.62. The van der Waals surface area contributed by atoms with Crippen LogP contribution in [0.3, 0.4) is 0 Å². The highest BCUT2D eigenvalue weighted by atomic mass is 16.5. The average Bonchev–Trinajstić information content (AvgIpc) is 2.36. The van der Waals surface area contributed by atoms with Crippen LogP contribution in [0.4, 0.5) is 5.82 Å². The fourth-order valence-corrected chi connectivity index (χ4v) is 1.62. The molecule has 1 atom stereocenters. The van der Waals surface area contributed by atoms with Gasteiger partial charge in [-0.1, -0.05) is 13.0 Å². The molecule has 1 aromatic rings. The highest BCUT2D eigenvalue weighted by Gasteiger charge is 2.13. The van der Waals surface area contributed by atoms with Crippen molar-refractivity contribution in [1.82, 2.24) is 4.98 Å². The summed E-state index contributed by atoms with van der Waals surface area (Å²) in [4.78, 5) is 6.53. The third-order valence-electron chi connectivity index (χ3n) is 2.73. The zero-order valence-corrected chi connectivity index (χ0v) is 11.3. The molecule has 0 spiro atoms. The van der Waals surface area contributed by atoms with E-state index >= 15 is 0 Å². The summed E-state index contributed by atoms with van der Waals surface area (Å²) in [5.74, 6) is 1.71. The van der Waals surface area contributed by atoms with Gasteiger partial charge in [0.05, 0.1) is 12.4 Å². The molecule has 100 valence electrons. The second-order valence-electron chi connectivity index (χ2n) is 4.16. The number of rotatable bonds is 7. The lowest BCUT2D eigenvalue weighted by Crippen LogP contribution is -2.34. The van der Waals surface area contributed by atoms with Gasteiger partial charge in [-0.3, -0.25) is 5.41 Å². The zero-order valence-electron chi connectivity index (χ0n) is 11.3. The van der Waals surface area contributed by atoms with E-state index in [0.717, 1.165) is 12.4 Å². The topological polar surface area (TPSA) is 75.2 Å². The van der Waals surface area contributed by atoms with Crippen LogP contribution in [0.2, 0.25) is 0 Å². The van der Waals surface area contributed by atoms with Gasteiger partial charge in [-0.25, -0.2) is 0 Å². The first-order valence-corrected chi connectivity index (χ1v) is 6.27. The van der Waals surface area contributed by atoms with Gasteiger partial charge in [0, 0.05) is 25.1 Å². The highest BCUT2D eigenvalue weighted by molar-refractivity contribution is 5.79. The predicted molar refractivity (Wildman–Crippen MR) is 74.4 cm³/mol. The molecule has 1 heterocycles.